The second-order valence-corrected chi connectivity index (χ2v) is 9.91. The molecule has 0 aliphatic heterocycles. The second kappa shape index (κ2) is 14.4. The van der Waals surface area contributed by atoms with Gasteiger partial charge in [0.1, 0.15) is 9.79 Å². The molecule has 2 aromatic carbocycles. The zero-order valence-corrected chi connectivity index (χ0v) is 22.0. The third kappa shape index (κ3) is 10.9. The first kappa shape index (κ1) is 32.8. The third-order valence-electron chi connectivity index (χ3n) is 4.64. The van der Waals surface area contributed by atoms with Gasteiger partial charge in [-0.25, -0.2) is 0 Å². The molecule has 0 spiro atoms. The van der Waals surface area contributed by atoms with Crippen LogP contribution in [0.15, 0.2) is 58.3 Å². The number of carbonyl (C=O) groups is 2. The number of hydrogen-bond donors (Lipinski definition) is 4. The van der Waals surface area contributed by atoms with Crippen molar-refractivity contribution in [2.45, 2.75) is 47.6 Å². The van der Waals surface area contributed by atoms with E-state index in [1.165, 1.54) is 37.1 Å². The Morgan fingerprint density at radius 2 is 1.00 bits per heavy atom. The molecule has 1 saturated carbocycles. The summed E-state index contributed by atoms with van der Waals surface area (Å²) in [7, 11) is -9.00. The summed E-state index contributed by atoms with van der Waals surface area (Å²) in [5.41, 5.74) is 10.2. The van der Waals surface area contributed by atoms with Gasteiger partial charge in [-0.05, 0) is 25.0 Å². The SMILES string of the molecule is N[C@@H]1CCCC[C@H]1N.O=C([O-])c1ccccc1S(=O)(=O)O.O=C([O-])c1ccccc1S(=O)(=O)O.[Pt+2]. The molecule has 0 heterocycles. The van der Waals surface area contributed by atoms with E-state index < -0.39 is 53.1 Å². The number of hydrogen-bond acceptors (Lipinski definition) is 10. The van der Waals surface area contributed by atoms with Crippen LogP contribution in [0.4, 0.5) is 0 Å². The van der Waals surface area contributed by atoms with Gasteiger partial charge < -0.3 is 31.3 Å². The molecule has 1 aliphatic carbocycles. The molecule has 0 bridgehead atoms. The summed E-state index contributed by atoms with van der Waals surface area (Å²) >= 11 is 0. The fourth-order valence-corrected chi connectivity index (χ4v) is 4.27. The van der Waals surface area contributed by atoms with Crippen LogP contribution in [0.5, 0.6) is 0 Å². The van der Waals surface area contributed by atoms with Crippen molar-refractivity contribution in [2.24, 2.45) is 11.5 Å². The topological polar surface area (TPSA) is 241 Å². The first-order valence-electron chi connectivity index (χ1n) is 9.73. The van der Waals surface area contributed by atoms with Gasteiger partial charge in [0, 0.05) is 23.2 Å². The number of carboxylic acids is 2. The van der Waals surface area contributed by atoms with Crippen molar-refractivity contribution in [3.8, 4) is 0 Å². The summed E-state index contributed by atoms with van der Waals surface area (Å²) in [6.07, 6.45) is 4.80. The Labute approximate surface area is 217 Å². The number of rotatable bonds is 4. The smallest absolute Gasteiger partial charge is 0.545 e. The van der Waals surface area contributed by atoms with Gasteiger partial charge >= 0.3 is 21.1 Å². The van der Waals surface area contributed by atoms with E-state index in [9.17, 15) is 36.6 Å². The first-order chi connectivity index (χ1) is 15.7. The standard InChI is InChI=1S/2C7H6O5S.C6H14N2.Pt/c2*8-7(9)5-3-1-2-4-6(5)13(10,11)12;7-5-3-1-2-4-6(5)8;/h2*1-4H,(H,8,9)(H,10,11,12);5-6H,1-4,7-8H2;/q;;;+2/p-2/t;;5-,6-;/m..1./s1. The van der Waals surface area contributed by atoms with Gasteiger partial charge in [-0.15, -0.1) is 0 Å². The van der Waals surface area contributed by atoms with Crippen LogP contribution in [0, 0.1) is 0 Å². The van der Waals surface area contributed by atoms with Crippen LogP contribution in [-0.2, 0) is 41.3 Å². The molecule has 0 aromatic heterocycles. The van der Waals surface area contributed by atoms with Crippen molar-refractivity contribution in [1.29, 1.82) is 0 Å². The van der Waals surface area contributed by atoms with Crippen LogP contribution in [-0.4, -0.2) is 50.0 Å². The molecule has 2 atom stereocenters. The Kier molecular flexibility index (Phi) is 13.5. The molecule has 6 N–H and O–H groups in total. The predicted molar refractivity (Wildman–Crippen MR) is 116 cm³/mol. The summed E-state index contributed by atoms with van der Waals surface area (Å²) in [5.74, 6) is -3.29. The number of nitrogens with two attached hydrogens (primary N) is 2. The Morgan fingerprint density at radius 3 is 1.20 bits per heavy atom. The van der Waals surface area contributed by atoms with Crippen LogP contribution in [0.2, 0.25) is 0 Å². The van der Waals surface area contributed by atoms with E-state index in [1.54, 1.807) is 0 Å². The number of benzene rings is 2. The number of carboxylic acid groups (broad SMARTS) is 2. The second-order valence-electron chi connectivity index (χ2n) is 7.13. The molecule has 35 heavy (non-hydrogen) atoms. The molecular formula is C20H24N2O10PtS2. The van der Waals surface area contributed by atoms with E-state index >= 15 is 0 Å². The normalized spacial score (nSPS) is 17.4. The van der Waals surface area contributed by atoms with Crippen LogP contribution in [0.1, 0.15) is 46.4 Å². The third-order valence-corrected chi connectivity index (χ3v) is 6.47. The van der Waals surface area contributed by atoms with E-state index in [4.69, 9.17) is 20.6 Å². The van der Waals surface area contributed by atoms with Crippen molar-refractivity contribution in [1.82, 2.24) is 0 Å². The van der Waals surface area contributed by atoms with E-state index in [-0.39, 0.29) is 33.1 Å². The maximum atomic E-state index is 10.6. The summed E-state index contributed by atoms with van der Waals surface area (Å²) in [4.78, 5) is 19.4. The quantitative estimate of drug-likeness (QED) is 0.274. The fourth-order valence-electron chi connectivity index (χ4n) is 2.91. The van der Waals surface area contributed by atoms with E-state index in [0.717, 1.165) is 37.1 Å². The van der Waals surface area contributed by atoms with Gasteiger partial charge in [-0.1, -0.05) is 49.2 Å². The van der Waals surface area contributed by atoms with Crippen LogP contribution in [0.3, 0.4) is 0 Å². The van der Waals surface area contributed by atoms with Crippen molar-refractivity contribution < 1.29 is 66.8 Å². The minimum atomic E-state index is -4.50. The van der Waals surface area contributed by atoms with Gasteiger partial charge in [0.2, 0.25) is 0 Å². The van der Waals surface area contributed by atoms with Gasteiger partial charge in [0.25, 0.3) is 20.2 Å². The molecule has 0 radical (unpaired) electrons. The molecule has 12 nitrogen and oxygen atoms in total. The van der Waals surface area contributed by atoms with Crippen LogP contribution in [0.25, 0.3) is 0 Å². The molecule has 1 aliphatic rings. The summed E-state index contributed by atoms with van der Waals surface area (Å²) in [6.45, 7) is 0. The zero-order chi connectivity index (χ0) is 26.1. The molecule has 0 unspecified atom stereocenters. The van der Waals surface area contributed by atoms with Crippen molar-refractivity contribution in [3.05, 3.63) is 59.7 Å². The number of carbonyl (C=O) groups excluding carboxylic acids is 2. The zero-order valence-electron chi connectivity index (χ0n) is 18.0. The predicted octanol–water partition coefficient (Wildman–Crippen LogP) is -1.19. The average Bonchev–Trinajstić information content (AvgIpc) is 2.75. The minimum absolute atomic E-state index is 0. The van der Waals surface area contributed by atoms with Crippen LogP contribution >= 0.6 is 0 Å². The largest absolute Gasteiger partial charge is 2.00 e. The fraction of sp³-hybridized carbons (Fsp3) is 0.300. The molecule has 0 amide bonds. The van der Waals surface area contributed by atoms with Gasteiger partial charge in [0.05, 0.1) is 11.9 Å². The number of aromatic carboxylic acids is 2. The van der Waals surface area contributed by atoms with Gasteiger partial charge in [-0.2, -0.15) is 16.8 Å². The monoisotopic (exact) mass is 711 g/mol. The molecule has 2 aromatic rings. The summed E-state index contributed by atoms with van der Waals surface area (Å²) in [6, 6.07) is 9.88. The van der Waals surface area contributed by atoms with Crippen molar-refractivity contribution in [2.75, 3.05) is 0 Å². The Bertz CT molecular complexity index is 1120. The molecule has 15 heteroatoms. The molecule has 1 fully saturated rings. The van der Waals surface area contributed by atoms with Gasteiger partial charge in [-0.3, -0.25) is 9.11 Å². The molecule has 3 rings (SSSR count). The summed E-state index contributed by atoms with van der Waals surface area (Å²) < 4.78 is 59.7. The van der Waals surface area contributed by atoms with Crippen LogP contribution < -0.4 is 21.7 Å². The molecule has 196 valence electrons. The van der Waals surface area contributed by atoms with Gasteiger partial charge in [0.15, 0.2) is 0 Å². The molecule has 0 saturated heterocycles. The Morgan fingerprint density at radius 1 is 0.714 bits per heavy atom. The average molecular weight is 712 g/mol. The van der Waals surface area contributed by atoms with Crippen molar-refractivity contribution >= 4 is 32.2 Å². The molecular weight excluding hydrogens is 687 g/mol. The van der Waals surface area contributed by atoms with E-state index in [0.29, 0.717) is 0 Å². The minimum Gasteiger partial charge on any atom is -0.545 e. The maximum Gasteiger partial charge on any atom is 2.00 e. The first-order valence-corrected chi connectivity index (χ1v) is 12.6. The van der Waals surface area contributed by atoms with E-state index in [2.05, 4.69) is 0 Å². The maximum absolute atomic E-state index is 10.6. The Hall–Kier alpha value is -2.19. The summed E-state index contributed by atoms with van der Waals surface area (Å²) in [5, 5.41) is 20.8. The Balaban J connectivity index is 0.000000503. The van der Waals surface area contributed by atoms with E-state index in [1.807, 2.05) is 0 Å². The van der Waals surface area contributed by atoms with Crippen molar-refractivity contribution in [3.63, 3.8) is 0 Å².